The van der Waals surface area contributed by atoms with E-state index in [0.717, 1.165) is 0 Å². The van der Waals surface area contributed by atoms with Crippen LogP contribution in [0.4, 0.5) is 4.39 Å². The first-order valence-corrected chi connectivity index (χ1v) is 10.1. The molecule has 168 valence electrons. The fourth-order valence-electron chi connectivity index (χ4n) is 3.22. The van der Waals surface area contributed by atoms with Crippen LogP contribution in [-0.4, -0.2) is 38.4 Å². The van der Waals surface area contributed by atoms with Gasteiger partial charge in [-0.2, -0.15) is 0 Å². The van der Waals surface area contributed by atoms with Crippen molar-refractivity contribution in [1.29, 1.82) is 0 Å². The second-order valence-electron chi connectivity index (χ2n) is 8.08. The summed E-state index contributed by atoms with van der Waals surface area (Å²) in [5, 5.41) is 10.6. The van der Waals surface area contributed by atoms with Gasteiger partial charge < -0.3 is 20.2 Å². The Hall–Kier alpha value is -4.11. The van der Waals surface area contributed by atoms with Crippen molar-refractivity contribution in [1.82, 2.24) is 15.0 Å². The largest absolute Gasteiger partial charge is 0.437 e. The highest BCUT2D eigenvalue weighted by molar-refractivity contribution is 6.21. The van der Waals surface area contributed by atoms with E-state index in [9.17, 15) is 14.3 Å². The van der Waals surface area contributed by atoms with Crippen molar-refractivity contribution in [3.63, 3.8) is 0 Å². The Kier molecular flexibility index (Phi) is 5.89. The van der Waals surface area contributed by atoms with Gasteiger partial charge >= 0.3 is 0 Å². The van der Waals surface area contributed by atoms with Gasteiger partial charge in [0.2, 0.25) is 5.71 Å². The van der Waals surface area contributed by atoms with Crippen molar-refractivity contribution >= 4 is 28.6 Å². The van der Waals surface area contributed by atoms with Crippen LogP contribution in [0.2, 0.25) is 0 Å². The molecule has 4 aromatic rings. The SMILES string of the molecule is CC(C)(O)CN=C/C(=C(\N)c1ccc(F)cc1)c1ncnc2oc(-c3ccc[nH]c3=O)cc12. The molecule has 0 aliphatic heterocycles. The maximum absolute atomic E-state index is 13.4. The fourth-order valence-corrected chi connectivity index (χ4v) is 3.22. The highest BCUT2D eigenvalue weighted by atomic mass is 19.1. The van der Waals surface area contributed by atoms with Crippen LogP contribution in [-0.2, 0) is 0 Å². The normalized spacial score (nSPS) is 13.0. The second kappa shape index (κ2) is 8.79. The zero-order valence-corrected chi connectivity index (χ0v) is 18.0. The Bertz CT molecular complexity index is 1410. The van der Waals surface area contributed by atoms with E-state index < -0.39 is 5.60 Å². The predicted molar refractivity (Wildman–Crippen MR) is 125 cm³/mol. The molecule has 0 aliphatic rings. The summed E-state index contributed by atoms with van der Waals surface area (Å²) >= 11 is 0. The highest BCUT2D eigenvalue weighted by Gasteiger charge is 2.19. The lowest BCUT2D eigenvalue weighted by Gasteiger charge is -2.14. The van der Waals surface area contributed by atoms with Gasteiger partial charge in [0.25, 0.3) is 5.56 Å². The van der Waals surface area contributed by atoms with E-state index in [1.54, 1.807) is 44.2 Å². The number of hydrogen-bond acceptors (Lipinski definition) is 7. The molecule has 0 fully saturated rings. The van der Waals surface area contributed by atoms with Crippen molar-refractivity contribution in [2.45, 2.75) is 19.4 Å². The summed E-state index contributed by atoms with van der Waals surface area (Å²) in [5.74, 6) is -0.0671. The molecule has 0 radical (unpaired) electrons. The number of halogens is 1. The third-order valence-corrected chi connectivity index (χ3v) is 4.81. The number of nitrogens with two attached hydrogens (primary N) is 1. The number of allylic oxidation sites excluding steroid dienone is 1. The van der Waals surface area contributed by atoms with Crippen LogP contribution >= 0.6 is 0 Å². The summed E-state index contributed by atoms with van der Waals surface area (Å²) in [6, 6.07) is 10.7. The number of aromatic amines is 1. The topological polar surface area (TPSA) is 130 Å². The Labute approximate surface area is 188 Å². The molecule has 0 unspecified atom stereocenters. The quantitative estimate of drug-likeness (QED) is 0.389. The number of aliphatic imine (C=N–C) groups is 1. The lowest BCUT2D eigenvalue weighted by atomic mass is 10.0. The molecule has 0 spiro atoms. The van der Waals surface area contributed by atoms with Gasteiger partial charge in [0.1, 0.15) is 17.9 Å². The molecular formula is C24H22FN5O3. The van der Waals surface area contributed by atoms with Crippen LogP contribution in [0.1, 0.15) is 25.1 Å². The smallest absolute Gasteiger partial charge is 0.258 e. The highest BCUT2D eigenvalue weighted by Crippen LogP contribution is 2.31. The number of rotatable bonds is 6. The molecule has 8 nitrogen and oxygen atoms in total. The zero-order chi connectivity index (χ0) is 23.6. The van der Waals surface area contributed by atoms with E-state index in [0.29, 0.717) is 39.2 Å². The molecule has 3 aromatic heterocycles. The number of H-pyrrole nitrogens is 1. The van der Waals surface area contributed by atoms with Crippen LogP contribution in [0.5, 0.6) is 0 Å². The molecule has 3 heterocycles. The number of hydrogen-bond donors (Lipinski definition) is 3. The molecule has 9 heteroatoms. The van der Waals surface area contributed by atoms with Gasteiger partial charge in [0, 0.05) is 23.7 Å². The first-order valence-electron chi connectivity index (χ1n) is 10.1. The maximum Gasteiger partial charge on any atom is 0.258 e. The molecule has 33 heavy (non-hydrogen) atoms. The van der Waals surface area contributed by atoms with Crippen molar-refractivity contribution in [2.24, 2.45) is 10.7 Å². The van der Waals surface area contributed by atoms with Crippen LogP contribution in [0.3, 0.4) is 0 Å². The van der Waals surface area contributed by atoms with E-state index in [1.807, 2.05) is 0 Å². The molecule has 0 saturated heterocycles. The minimum absolute atomic E-state index is 0.122. The van der Waals surface area contributed by atoms with Gasteiger partial charge in [-0.3, -0.25) is 9.79 Å². The Morgan fingerprint density at radius 1 is 1.27 bits per heavy atom. The summed E-state index contributed by atoms with van der Waals surface area (Å²) in [5.41, 5.74) is 7.46. The van der Waals surface area contributed by atoms with E-state index in [1.165, 1.54) is 30.9 Å². The second-order valence-corrected chi connectivity index (χ2v) is 8.08. The minimum Gasteiger partial charge on any atom is -0.437 e. The minimum atomic E-state index is -1.02. The van der Waals surface area contributed by atoms with E-state index in [4.69, 9.17) is 10.2 Å². The monoisotopic (exact) mass is 447 g/mol. The molecule has 4 rings (SSSR count). The number of nitrogens with zero attached hydrogens (tertiary/aromatic N) is 3. The van der Waals surface area contributed by atoms with Gasteiger partial charge in [-0.1, -0.05) is 0 Å². The molecule has 0 saturated carbocycles. The number of furan rings is 1. The van der Waals surface area contributed by atoms with Crippen molar-refractivity contribution in [3.8, 4) is 11.3 Å². The third-order valence-electron chi connectivity index (χ3n) is 4.81. The van der Waals surface area contributed by atoms with E-state index in [2.05, 4.69) is 19.9 Å². The number of aliphatic hydroxyl groups is 1. The zero-order valence-electron chi connectivity index (χ0n) is 18.0. The van der Waals surface area contributed by atoms with Gasteiger partial charge in [-0.05, 0) is 61.9 Å². The lowest BCUT2D eigenvalue weighted by Crippen LogP contribution is -2.22. The molecule has 1 aromatic carbocycles. The number of benzene rings is 1. The Morgan fingerprint density at radius 3 is 2.73 bits per heavy atom. The summed E-state index contributed by atoms with van der Waals surface area (Å²) < 4.78 is 19.3. The summed E-state index contributed by atoms with van der Waals surface area (Å²) in [7, 11) is 0. The number of nitrogens with one attached hydrogen (secondary N) is 1. The molecule has 0 amide bonds. The van der Waals surface area contributed by atoms with E-state index in [-0.39, 0.29) is 23.6 Å². The van der Waals surface area contributed by atoms with Gasteiger partial charge in [-0.15, -0.1) is 0 Å². The molecule has 0 bridgehead atoms. The summed E-state index contributed by atoms with van der Waals surface area (Å²) in [6.07, 6.45) is 4.37. The van der Waals surface area contributed by atoms with Crippen molar-refractivity contribution in [3.05, 3.63) is 82.4 Å². The average molecular weight is 447 g/mol. The van der Waals surface area contributed by atoms with Gasteiger partial charge in [-0.25, -0.2) is 14.4 Å². The molecule has 0 aliphatic carbocycles. The van der Waals surface area contributed by atoms with Crippen molar-refractivity contribution < 1.29 is 13.9 Å². The number of pyridine rings is 1. The molecule has 4 N–H and O–H groups in total. The third kappa shape index (κ3) is 4.88. The van der Waals surface area contributed by atoms with E-state index >= 15 is 0 Å². The number of fused-ring (bicyclic) bond motifs is 1. The molecular weight excluding hydrogens is 425 g/mol. The van der Waals surface area contributed by atoms with Crippen LogP contribution in [0.15, 0.2) is 69.2 Å². The Balaban J connectivity index is 1.90. The van der Waals surface area contributed by atoms with Gasteiger partial charge in [0.05, 0.1) is 28.8 Å². The first kappa shape index (κ1) is 22.1. The summed E-state index contributed by atoms with van der Waals surface area (Å²) in [6.45, 7) is 3.40. The average Bonchev–Trinajstić information content (AvgIpc) is 3.21. The number of aromatic nitrogens is 3. The molecule has 0 atom stereocenters. The van der Waals surface area contributed by atoms with Crippen molar-refractivity contribution in [2.75, 3.05) is 6.54 Å². The lowest BCUT2D eigenvalue weighted by molar-refractivity contribution is 0.0906. The van der Waals surface area contributed by atoms with Gasteiger partial charge in [0.15, 0.2) is 0 Å². The first-order chi connectivity index (χ1) is 15.7. The predicted octanol–water partition coefficient (Wildman–Crippen LogP) is 3.39. The standard InChI is InChI=1S/C24H22FN5O3/c1-24(2,32)12-27-11-18(20(26)14-5-7-15(25)8-6-14)21-17-10-19(33-23(17)30-13-29-21)16-4-3-9-28-22(16)31/h3-11,13,32H,12,26H2,1-2H3,(H,28,31)/b20-18+,27-11?. The fraction of sp³-hybridized carbons (Fsp3) is 0.167. The maximum atomic E-state index is 13.4. The van der Waals surface area contributed by atoms with Crippen LogP contribution in [0, 0.1) is 5.82 Å². The summed E-state index contributed by atoms with van der Waals surface area (Å²) in [4.78, 5) is 27.7. The van der Waals surface area contributed by atoms with Crippen LogP contribution < -0.4 is 11.3 Å². The van der Waals surface area contributed by atoms with Crippen LogP contribution in [0.25, 0.3) is 33.7 Å². The Morgan fingerprint density at radius 2 is 2.03 bits per heavy atom.